The fraction of sp³-hybridized carbons (Fsp3) is 0.0870. The highest BCUT2D eigenvalue weighted by Crippen LogP contribution is 2.31. The van der Waals surface area contributed by atoms with E-state index in [0.717, 1.165) is 16.9 Å². The average Bonchev–Trinajstić information content (AvgIpc) is 3.68. The molecule has 0 spiro atoms. The minimum atomic E-state index is -3.64. The van der Waals surface area contributed by atoms with Crippen LogP contribution in [0.15, 0.2) is 63.9 Å². The number of nitrogens with two attached hydrogens (primary N) is 1. The van der Waals surface area contributed by atoms with Gasteiger partial charge in [0, 0.05) is 29.5 Å². The largest absolute Gasteiger partial charge is 0.482 e. The van der Waals surface area contributed by atoms with E-state index in [1.165, 1.54) is 18.7 Å². The minimum Gasteiger partial charge on any atom is -0.482 e. The van der Waals surface area contributed by atoms with Gasteiger partial charge in [0.2, 0.25) is 0 Å². The van der Waals surface area contributed by atoms with Gasteiger partial charge in [-0.05, 0) is 29.8 Å². The lowest BCUT2D eigenvalue weighted by Gasteiger charge is -2.18. The highest BCUT2D eigenvalue weighted by Gasteiger charge is 2.18. The van der Waals surface area contributed by atoms with E-state index < -0.39 is 9.05 Å². The molecule has 13 nitrogen and oxygen atoms in total. The second-order valence-corrected chi connectivity index (χ2v) is 11.9. The standard InChI is InChI=1S/C16H14N6O3.C7H4ClNO3S2.ClH/c17-9-5-18-14-13(9)20-7-21-15(14)16(24)19-4-8-1-2-11-10(3-8)22-12(23)6-25-11;8-14(10,11)7-2-1-6(13-7)5-3-4-12-9-5;/h1-3,5,7,18H,4,6,17H2,(H,19,24)(H,22,23);1-4H;1H. The molecule has 0 unspecified atom stereocenters. The Kier molecular flexibility index (Phi) is 8.58. The number of amides is 2. The lowest BCUT2D eigenvalue weighted by atomic mass is 10.1. The molecule has 0 fully saturated rings. The molecule has 0 radical (unpaired) electrons. The van der Waals surface area contributed by atoms with Crippen LogP contribution in [0.5, 0.6) is 5.75 Å². The van der Waals surface area contributed by atoms with Gasteiger partial charge in [0.05, 0.1) is 21.8 Å². The number of benzene rings is 1. The van der Waals surface area contributed by atoms with Gasteiger partial charge in [-0.15, -0.1) is 23.7 Å². The SMILES string of the molecule is Cl.Nc1c[nH]c2c(C(=O)NCc3ccc4c(c3)NC(=O)CO4)ncnc12.O=S(=O)(Cl)c1ccc(-c2ccon2)s1. The van der Waals surface area contributed by atoms with Crippen molar-refractivity contribution in [2.24, 2.45) is 0 Å². The van der Waals surface area contributed by atoms with Gasteiger partial charge in [0.1, 0.15) is 33.8 Å². The fourth-order valence-corrected chi connectivity index (χ4v) is 5.60. The lowest BCUT2D eigenvalue weighted by Crippen LogP contribution is -2.26. The van der Waals surface area contributed by atoms with Crippen molar-refractivity contribution < 1.29 is 27.3 Å². The van der Waals surface area contributed by atoms with E-state index >= 15 is 0 Å². The van der Waals surface area contributed by atoms with Gasteiger partial charge in [0.25, 0.3) is 20.9 Å². The quantitative estimate of drug-likeness (QED) is 0.210. The summed E-state index contributed by atoms with van der Waals surface area (Å²) in [7, 11) is 1.53. The predicted octanol–water partition coefficient (Wildman–Crippen LogP) is 3.55. The molecule has 208 valence electrons. The summed E-state index contributed by atoms with van der Waals surface area (Å²) >= 11 is 1.06. The maximum Gasteiger partial charge on any atom is 0.272 e. The summed E-state index contributed by atoms with van der Waals surface area (Å²) in [6.07, 6.45) is 4.29. The first-order chi connectivity index (χ1) is 18.7. The van der Waals surface area contributed by atoms with E-state index in [4.69, 9.17) is 21.2 Å². The molecule has 1 aliphatic rings. The number of H-pyrrole nitrogens is 1. The van der Waals surface area contributed by atoms with Crippen LogP contribution in [-0.4, -0.2) is 46.9 Å². The third kappa shape index (κ3) is 6.34. The zero-order valence-electron chi connectivity index (χ0n) is 20.1. The number of hydrogen-bond donors (Lipinski definition) is 4. The van der Waals surface area contributed by atoms with Crippen molar-refractivity contribution in [1.82, 2.24) is 25.4 Å². The Morgan fingerprint density at radius 1 is 1.20 bits per heavy atom. The molecule has 0 atom stereocenters. The Bertz CT molecular complexity index is 1790. The van der Waals surface area contributed by atoms with Crippen LogP contribution in [0.4, 0.5) is 11.4 Å². The zero-order valence-corrected chi connectivity index (χ0v) is 23.3. The summed E-state index contributed by atoms with van der Waals surface area (Å²) in [4.78, 5) is 35.5. The van der Waals surface area contributed by atoms with E-state index in [-0.39, 0.29) is 47.3 Å². The molecule has 0 saturated carbocycles. The number of fused-ring (bicyclic) bond motifs is 2. The Hall–Kier alpha value is -4.18. The number of nitrogen functional groups attached to an aromatic ring is 1. The van der Waals surface area contributed by atoms with Gasteiger partial charge >= 0.3 is 0 Å². The van der Waals surface area contributed by atoms with E-state index in [0.29, 0.717) is 38.7 Å². The fourth-order valence-electron chi connectivity index (χ4n) is 3.57. The van der Waals surface area contributed by atoms with Crippen LogP contribution in [0, 0.1) is 0 Å². The number of aromatic nitrogens is 4. The summed E-state index contributed by atoms with van der Waals surface area (Å²) in [5.74, 6) is 0.0442. The van der Waals surface area contributed by atoms with Crippen molar-refractivity contribution in [2.75, 3.05) is 17.7 Å². The van der Waals surface area contributed by atoms with Crippen molar-refractivity contribution in [3.63, 3.8) is 0 Å². The third-order valence-corrected chi connectivity index (χ3v) is 8.55. The summed E-state index contributed by atoms with van der Waals surface area (Å²) in [6, 6.07) is 10.1. The van der Waals surface area contributed by atoms with Gasteiger partial charge in [-0.2, -0.15) is 0 Å². The Morgan fingerprint density at radius 2 is 2.02 bits per heavy atom. The minimum absolute atomic E-state index is 0. The molecule has 0 bridgehead atoms. The van der Waals surface area contributed by atoms with Crippen LogP contribution in [0.3, 0.4) is 0 Å². The van der Waals surface area contributed by atoms with Crippen LogP contribution >= 0.6 is 34.4 Å². The number of ether oxygens (including phenoxy) is 1. The molecule has 2 amide bonds. The van der Waals surface area contributed by atoms with Gasteiger partial charge in [-0.25, -0.2) is 18.4 Å². The smallest absolute Gasteiger partial charge is 0.272 e. The van der Waals surface area contributed by atoms with Gasteiger partial charge in [-0.1, -0.05) is 11.2 Å². The van der Waals surface area contributed by atoms with Gasteiger partial charge < -0.3 is 30.6 Å². The van der Waals surface area contributed by atoms with E-state index in [1.54, 1.807) is 30.5 Å². The van der Waals surface area contributed by atoms with Gasteiger partial charge in [0.15, 0.2) is 12.3 Å². The predicted molar refractivity (Wildman–Crippen MR) is 150 cm³/mol. The number of aromatic amines is 1. The van der Waals surface area contributed by atoms with Crippen LogP contribution in [0.25, 0.3) is 21.6 Å². The van der Waals surface area contributed by atoms with Crippen LogP contribution < -0.4 is 21.1 Å². The Morgan fingerprint density at radius 3 is 2.75 bits per heavy atom. The topological polar surface area (TPSA) is 195 Å². The zero-order chi connectivity index (χ0) is 27.6. The molecule has 5 heterocycles. The first-order valence-corrected chi connectivity index (χ1v) is 14.2. The van der Waals surface area contributed by atoms with Crippen LogP contribution in [-0.2, 0) is 20.4 Å². The van der Waals surface area contributed by atoms with Crippen molar-refractivity contribution in [2.45, 2.75) is 10.8 Å². The molecule has 6 rings (SSSR count). The van der Waals surface area contributed by atoms with E-state index in [2.05, 4.69) is 35.3 Å². The summed E-state index contributed by atoms with van der Waals surface area (Å²) < 4.78 is 31.9. The van der Waals surface area contributed by atoms with E-state index in [9.17, 15) is 18.0 Å². The normalized spacial score (nSPS) is 12.3. The number of anilines is 2. The van der Waals surface area contributed by atoms with E-state index in [1.807, 2.05) is 6.07 Å². The van der Waals surface area contributed by atoms with Crippen LogP contribution in [0.2, 0.25) is 0 Å². The number of carbonyl (C=O) groups is 2. The number of hydrogen-bond acceptors (Lipinski definition) is 11. The molecule has 5 N–H and O–H groups in total. The van der Waals surface area contributed by atoms with Gasteiger partial charge in [-0.3, -0.25) is 9.59 Å². The van der Waals surface area contributed by atoms with Crippen molar-refractivity contribution >= 4 is 77.7 Å². The number of carbonyl (C=O) groups excluding carboxylic acids is 2. The van der Waals surface area contributed by atoms with Crippen molar-refractivity contribution in [3.8, 4) is 16.3 Å². The molecule has 1 aromatic carbocycles. The molecular formula is C23H19Cl2N7O6S2. The first-order valence-electron chi connectivity index (χ1n) is 11.1. The molecule has 5 aromatic rings. The van der Waals surface area contributed by atoms with Crippen molar-refractivity contribution in [3.05, 3.63) is 66.4 Å². The lowest BCUT2D eigenvalue weighted by molar-refractivity contribution is -0.118. The highest BCUT2D eigenvalue weighted by molar-refractivity contribution is 8.15. The summed E-state index contributed by atoms with van der Waals surface area (Å²) in [6.45, 7) is 0.274. The highest BCUT2D eigenvalue weighted by atomic mass is 35.7. The second-order valence-electron chi connectivity index (χ2n) is 7.98. The molecule has 0 saturated heterocycles. The Balaban J connectivity index is 0.000000210. The average molecular weight is 624 g/mol. The number of nitrogens with one attached hydrogen (secondary N) is 3. The maximum absolute atomic E-state index is 12.4. The third-order valence-electron chi connectivity index (χ3n) is 5.35. The second kappa shape index (κ2) is 11.9. The molecule has 4 aromatic heterocycles. The molecule has 17 heteroatoms. The molecular weight excluding hydrogens is 605 g/mol. The molecule has 1 aliphatic heterocycles. The number of nitrogens with zero attached hydrogens (tertiary/aromatic N) is 3. The first kappa shape index (κ1) is 28.8. The van der Waals surface area contributed by atoms with Crippen LogP contribution in [0.1, 0.15) is 16.1 Å². The molecule has 0 aliphatic carbocycles. The number of thiophene rings is 1. The monoisotopic (exact) mass is 623 g/mol. The summed E-state index contributed by atoms with van der Waals surface area (Å²) in [5.41, 5.74) is 9.46. The van der Waals surface area contributed by atoms with Crippen molar-refractivity contribution in [1.29, 1.82) is 0 Å². The number of halogens is 2. The maximum atomic E-state index is 12.4. The number of rotatable bonds is 5. The summed E-state index contributed by atoms with van der Waals surface area (Å²) in [5, 5.41) is 9.20. The molecule has 40 heavy (non-hydrogen) atoms. The Labute approximate surface area is 240 Å².